The molecule has 0 spiro atoms. The molecule has 2 N–H and O–H groups in total. The number of ether oxygens (including phenoxy) is 1. The maximum Gasteiger partial charge on any atom is 0.186 e. The predicted octanol–water partition coefficient (Wildman–Crippen LogP) is 1.13. The molecule has 3 nitrogen and oxygen atoms in total. The topological polar surface area (TPSA) is 38.5 Å². The molecule has 0 saturated carbocycles. The van der Waals surface area contributed by atoms with Gasteiger partial charge in [0.1, 0.15) is 6.10 Å². The van der Waals surface area contributed by atoms with Crippen LogP contribution in [0.4, 0.5) is 5.69 Å². The summed E-state index contributed by atoms with van der Waals surface area (Å²) in [6.45, 7) is 7.29. The molecule has 0 amide bonds. The van der Waals surface area contributed by atoms with E-state index in [2.05, 4.69) is 45.8 Å². The van der Waals surface area contributed by atoms with Gasteiger partial charge in [-0.05, 0) is 36.5 Å². The Labute approximate surface area is 98.5 Å². The van der Waals surface area contributed by atoms with Crippen LogP contribution in [0.1, 0.15) is 5.56 Å². The highest BCUT2D eigenvalue weighted by molar-refractivity contribution is 7.27. The van der Waals surface area contributed by atoms with Crippen molar-refractivity contribution in [3.05, 3.63) is 36.2 Å². The molecule has 1 aliphatic heterocycles. The zero-order chi connectivity index (χ0) is 11.7. The van der Waals surface area contributed by atoms with Crippen LogP contribution in [0.25, 0.3) is 0 Å². The van der Waals surface area contributed by atoms with Gasteiger partial charge in [-0.25, -0.2) is 0 Å². The van der Waals surface area contributed by atoms with Gasteiger partial charge in [0.2, 0.25) is 0 Å². The highest BCUT2D eigenvalue weighted by atomic mass is 31.0. The van der Waals surface area contributed by atoms with E-state index in [0.717, 1.165) is 12.2 Å². The molecule has 2 rings (SSSR count). The monoisotopic (exact) mass is 236 g/mol. The van der Waals surface area contributed by atoms with Gasteiger partial charge < -0.3 is 15.4 Å². The Hall–Kier alpha value is -1.05. The molecule has 1 aromatic rings. The van der Waals surface area contributed by atoms with Crippen molar-refractivity contribution in [1.29, 1.82) is 0 Å². The zero-order valence-electron chi connectivity index (χ0n) is 9.44. The first-order valence-corrected chi connectivity index (χ1v) is 5.89. The fourth-order valence-electron chi connectivity index (χ4n) is 1.77. The quantitative estimate of drug-likeness (QED) is 0.782. The Morgan fingerprint density at radius 3 is 2.94 bits per heavy atom. The van der Waals surface area contributed by atoms with Gasteiger partial charge >= 0.3 is 0 Å². The molecule has 1 fully saturated rings. The molecule has 2 atom stereocenters. The number of hydrogen-bond donors (Lipinski definition) is 1. The average molecular weight is 236 g/mol. The lowest BCUT2D eigenvalue weighted by Gasteiger charge is -2.17. The molecule has 4 heteroatoms. The van der Waals surface area contributed by atoms with Crippen LogP contribution in [0.3, 0.4) is 0 Å². The second kappa shape index (κ2) is 4.44. The van der Waals surface area contributed by atoms with E-state index in [-0.39, 0.29) is 6.10 Å². The highest BCUT2D eigenvalue weighted by Crippen LogP contribution is 2.25. The van der Waals surface area contributed by atoms with E-state index in [1.165, 1.54) is 10.9 Å². The number of hydrogen-bond acceptors (Lipinski definition) is 3. The number of nitrogens with two attached hydrogens (primary N) is 1. The van der Waals surface area contributed by atoms with Gasteiger partial charge in [0.25, 0.3) is 0 Å². The minimum absolute atomic E-state index is 0.0572. The molecule has 0 radical (unpaired) electrons. The number of nitrogens with zero attached hydrogens (tertiary/aromatic N) is 1. The third-order valence-corrected chi connectivity index (χ3v) is 3.45. The summed E-state index contributed by atoms with van der Waals surface area (Å²) in [7, 11) is 2.74. The molecular weight excluding hydrogens is 219 g/mol. The van der Waals surface area contributed by atoms with E-state index >= 15 is 0 Å². The van der Waals surface area contributed by atoms with Crippen molar-refractivity contribution < 1.29 is 4.74 Å². The van der Waals surface area contributed by atoms with Gasteiger partial charge in [-0.3, -0.25) is 0 Å². The Morgan fingerprint density at radius 2 is 2.38 bits per heavy atom. The van der Waals surface area contributed by atoms with E-state index in [0.29, 0.717) is 12.4 Å². The van der Waals surface area contributed by atoms with Gasteiger partial charge in [-0.1, -0.05) is 6.07 Å². The maximum atomic E-state index is 5.59. The van der Waals surface area contributed by atoms with Crippen LogP contribution in [-0.2, 0) is 4.74 Å². The van der Waals surface area contributed by atoms with Crippen molar-refractivity contribution in [2.24, 2.45) is 5.73 Å². The molecule has 0 aromatic heterocycles. The Morgan fingerprint density at radius 1 is 1.62 bits per heavy atom. The van der Waals surface area contributed by atoms with Crippen LogP contribution in [0.15, 0.2) is 30.7 Å². The van der Waals surface area contributed by atoms with Crippen molar-refractivity contribution in [1.82, 2.24) is 0 Å². The largest absolute Gasteiger partial charge is 0.473 e. The van der Waals surface area contributed by atoms with Crippen LogP contribution in [0, 0.1) is 6.92 Å². The third-order valence-electron chi connectivity index (χ3n) is 2.83. The lowest BCUT2D eigenvalue weighted by molar-refractivity contribution is 0.176. The average Bonchev–Trinajstić information content (AvgIpc) is 2.64. The molecule has 0 bridgehead atoms. The van der Waals surface area contributed by atoms with Crippen molar-refractivity contribution >= 4 is 20.2 Å². The molecule has 1 aromatic carbocycles. The van der Waals surface area contributed by atoms with E-state index < -0.39 is 0 Å². The predicted molar refractivity (Wildman–Crippen MR) is 70.9 cm³/mol. The van der Waals surface area contributed by atoms with Crippen LogP contribution >= 0.6 is 9.24 Å². The third kappa shape index (κ3) is 2.06. The first-order valence-electron chi connectivity index (χ1n) is 5.31. The van der Waals surface area contributed by atoms with Gasteiger partial charge in [0, 0.05) is 12.2 Å². The molecule has 16 heavy (non-hydrogen) atoms. The van der Waals surface area contributed by atoms with Gasteiger partial charge in [0.15, 0.2) is 5.88 Å². The van der Waals surface area contributed by atoms with Gasteiger partial charge in [-0.15, -0.1) is 9.24 Å². The zero-order valence-corrected chi connectivity index (χ0v) is 10.6. The summed E-state index contributed by atoms with van der Waals surface area (Å²) in [4.78, 5) is 2.06. The smallest absolute Gasteiger partial charge is 0.186 e. The minimum atomic E-state index is 0.0572. The molecule has 0 aliphatic carbocycles. The molecule has 1 heterocycles. The lowest BCUT2D eigenvalue weighted by Crippen LogP contribution is -2.26. The number of benzene rings is 1. The molecule has 2 unspecified atom stereocenters. The van der Waals surface area contributed by atoms with Crippen molar-refractivity contribution in [2.75, 3.05) is 18.0 Å². The normalized spacial score (nSPS) is 20.1. The Kier molecular flexibility index (Phi) is 3.17. The molecule has 1 aliphatic rings. The highest BCUT2D eigenvalue weighted by Gasteiger charge is 2.26. The summed E-state index contributed by atoms with van der Waals surface area (Å²) >= 11 is 0. The molecule has 86 valence electrons. The number of aryl methyl sites for hydroxylation is 1. The first kappa shape index (κ1) is 11.4. The van der Waals surface area contributed by atoms with Crippen molar-refractivity contribution in [2.45, 2.75) is 13.0 Å². The van der Waals surface area contributed by atoms with E-state index in [1.54, 1.807) is 0 Å². The van der Waals surface area contributed by atoms with Crippen molar-refractivity contribution in [3.63, 3.8) is 0 Å². The summed E-state index contributed by atoms with van der Waals surface area (Å²) in [5.41, 5.74) is 7.96. The van der Waals surface area contributed by atoms with Crippen LogP contribution in [-0.4, -0.2) is 19.2 Å². The molecule has 1 saturated heterocycles. The number of rotatable bonds is 2. The number of anilines is 1. The minimum Gasteiger partial charge on any atom is -0.473 e. The van der Waals surface area contributed by atoms with Crippen LogP contribution in [0.5, 0.6) is 0 Å². The summed E-state index contributed by atoms with van der Waals surface area (Å²) in [6, 6.07) is 6.30. The van der Waals surface area contributed by atoms with Crippen LogP contribution in [0.2, 0.25) is 0 Å². The van der Waals surface area contributed by atoms with Gasteiger partial charge in [0.05, 0.1) is 6.54 Å². The maximum absolute atomic E-state index is 5.59. The Balaban J connectivity index is 2.24. The standard InChI is InChI=1S/C12H17N2OP/c1-8-3-4-10(5-12(8)16)14-7-11(6-13)15-9(14)2/h3-5,11H,2,6-7,13,16H2,1H3. The van der Waals surface area contributed by atoms with E-state index in [4.69, 9.17) is 10.5 Å². The Bertz CT molecular complexity index is 419. The fraction of sp³-hybridized carbons (Fsp3) is 0.333. The molecular formula is C12H17N2OP. The lowest BCUT2D eigenvalue weighted by atomic mass is 10.2. The second-order valence-corrected chi connectivity index (χ2v) is 4.64. The second-order valence-electron chi connectivity index (χ2n) is 4.02. The van der Waals surface area contributed by atoms with Crippen LogP contribution < -0.4 is 15.9 Å². The fourth-order valence-corrected chi connectivity index (χ4v) is 2.03. The van der Waals surface area contributed by atoms with E-state index in [9.17, 15) is 0 Å². The SMILES string of the molecule is C=C1OC(CN)CN1c1ccc(C)c(P)c1. The van der Waals surface area contributed by atoms with Gasteiger partial charge in [-0.2, -0.15) is 0 Å². The van der Waals surface area contributed by atoms with E-state index in [1.807, 2.05) is 0 Å². The van der Waals surface area contributed by atoms with Crippen molar-refractivity contribution in [3.8, 4) is 0 Å². The summed E-state index contributed by atoms with van der Waals surface area (Å²) < 4.78 is 5.55. The first-order chi connectivity index (χ1) is 7.61. The summed E-state index contributed by atoms with van der Waals surface area (Å²) in [6.07, 6.45) is 0.0572. The summed E-state index contributed by atoms with van der Waals surface area (Å²) in [5.74, 6) is 0.684. The summed E-state index contributed by atoms with van der Waals surface area (Å²) in [5, 5.41) is 1.20.